The van der Waals surface area contributed by atoms with Gasteiger partial charge in [0.15, 0.2) is 11.5 Å². The molecule has 0 aliphatic carbocycles. The first-order valence-electron chi connectivity index (χ1n) is 5.37. The molecule has 0 bridgehead atoms. The minimum Gasteiger partial charge on any atom is -0.462 e. The molecule has 2 rings (SSSR count). The Kier molecular flexibility index (Phi) is 2.40. The van der Waals surface area contributed by atoms with Gasteiger partial charge in [-0.2, -0.15) is 0 Å². The average molecular weight is 209 g/mol. The zero-order valence-corrected chi connectivity index (χ0v) is 9.89. The lowest BCUT2D eigenvalue weighted by molar-refractivity contribution is -0.142. The molecule has 15 heavy (non-hydrogen) atoms. The van der Waals surface area contributed by atoms with E-state index in [1.807, 2.05) is 26.0 Å². The summed E-state index contributed by atoms with van der Waals surface area (Å²) in [7, 11) is 0. The summed E-state index contributed by atoms with van der Waals surface area (Å²) < 4.78 is 11.5. The number of ether oxygens (including phenoxy) is 1. The second-order valence-electron chi connectivity index (χ2n) is 5.25. The second-order valence-corrected chi connectivity index (χ2v) is 5.25. The molecule has 3 heteroatoms. The maximum atomic E-state index is 5.88. The highest BCUT2D eigenvalue weighted by Gasteiger charge is 2.38. The topological polar surface area (TPSA) is 34.4 Å². The molecule has 1 aromatic heterocycles. The van der Waals surface area contributed by atoms with E-state index in [0.29, 0.717) is 0 Å². The van der Waals surface area contributed by atoms with Crippen LogP contribution in [0.25, 0.3) is 0 Å². The van der Waals surface area contributed by atoms with Crippen molar-refractivity contribution in [2.75, 3.05) is 13.2 Å². The van der Waals surface area contributed by atoms with Gasteiger partial charge in [-0.05, 0) is 26.0 Å². The normalized spacial score (nSPS) is 30.4. The summed E-state index contributed by atoms with van der Waals surface area (Å²) in [5, 5.41) is 3.40. The molecule has 1 aromatic rings. The molecule has 0 aromatic carbocycles. The summed E-state index contributed by atoms with van der Waals surface area (Å²) >= 11 is 0. The van der Waals surface area contributed by atoms with E-state index in [1.165, 1.54) is 0 Å². The van der Waals surface area contributed by atoms with Gasteiger partial charge in [0.2, 0.25) is 0 Å². The lowest BCUT2D eigenvalue weighted by Gasteiger charge is -2.41. The fraction of sp³-hybridized carbons (Fsp3) is 0.667. The summed E-state index contributed by atoms with van der Waals surface area (Å²) in [5.41, 5.74) is -0.273. The molecule has 0 radical (unpaired) electrons. The Hall–Kier alpha value is -0.800. The van der Waals surface area contributed by atoms with E-state index in [2.05, 4.69) is 19.2 Å². The first-order chi connectivity index (χ1) is 6.91. The molecule has 1 aliphatic heterocycles. The molecular formula is C12H19NO2. The van der Waals surface area contributed by atoms with Crippen molar-refractivity contribution in [1.82, 2.24) is 5.32 Å². The van der Waals surface area contributed by atoms with Crippen LogP contribution in [0.1, 0.15) is 32.3 Å². The van der Waals surface area contributed by atoms with E-state index in [1.54, 1.807) is 0 Å². The fourth-order valence-corrected chi connectivity index (χ4v) is 1.70. The van der Waals surface area contributed by atoms with Gasteiger partial charge in [0.1, 0.15) is 5.76 Å². The van der Waals surface area contributed by atoms with Crippen LogP contribution < -0.4 is 5.32 Å². The Labute approximate surface area is 90.8 Å². The standard InChI is InChI=1S/C12H19NO2/c1-9-5-6-10(15-9)12(4)13-7-11(2,3)8-14-12/h5-6,13H,7-8H2,1-4H3. The van der Waals surface area contributed by atoms with Crippen molar-refractivity contribution >= 4 is 0 Å². The quantitative estimate of drug-likeness (QED) is 0.771. The number of hydrogen-bond donors (Lipinski definition) is 1. The van der Waals surface area contributed by atoms with Crippen LogP contribution in [-0.4, -0.2) is 13.2 Å². The van der Waals surface area contributed by atoms with E-state index in [0.717, 1.165) is 24.7 Å². The fourth-order valence-electron chi connectivity index (χ4n) is 1.70. The van der Waals surface area contributed by atoms with Gasteiger partial charge < -0.3 is 9.15 Å². The van der Waals surface area contributed by atoms with Crippen LogP contribution in [0, 0.1) is 12.3 Å². The van der Waals surface area contributed by atoms with Crippen molar-refractivity contribution < 1.29 is 9.15 Å². The van der Waals surface area contributed by atoms with Gasteiger partial charge in [-0.3, -0.25) is 5.32 Å². The van der Waals surface area contributed by atoms with Crippen molar-refractivity contribution in [1.29, 1.82) is 0 Å². The van der Waals surface area contributed by atoms with Gasteiger partial charge in [-0.1, -0.05) is 13.8 Å². The predicted octanol–water partition coefficient (Wildman–Crippen LogP) is 2.41. The zero-order valence-electron chi connectivity index (χ0n) is 9.89. The highest BCUT2D eigenvalue weighted by molar-refractivity contribution is 5.13. The summed E-state index contributed by atoms with van der Waals surface area (Å²) in [6, 6.07) is 3.94. The third-order valence-corrected chi connectivity index (χ3v) is 2.87. The van der Waals surface area contributed by atoms with Crippen molar-refractivity contribution in [3.63, 3.8) is 0 Å². The SMILES string of the molecule is Cc1ccc(C2(C)NCC(C)(C)CO2)o1. The average Bonchev–Trinajstić information content (AvgIpc) is 2.59. The Bertz CT molecular complexity index is 344. The van der Waals surface area contributed by atoms with Crippen molar-refractivity contribution in [2.45, 2.75) is 33.4 Å². The van der Waals surface area contributed by atoms with Gasteiger partial charge in [-0.15, -0.1) is 0 Å². The van der Waals surface area contributed by atoms with Crippen molar-refractivity contribution in [3.05, 3.63) is 23.7 Å². The van der Waals surface area contributed by atoms with E-state index in [-0.39, 0.29) is 5.41 Å². The molecule has 1 unspecified atom stereocenters. The minimum atomic E-state index is -0.468. The third kappa shape index (κ3) is 2.08. The molecule has 0 spiro atoms. The summed E-state index contributed by atoms with van der Waals surface area (Å²) in [6.45, 7) is 10.0. The summed E-state index contributed by atoms with van der Waals surface area (Å²) in [6.07, 6.45) is 0. The highest BCUT2D eigenvalue weighted by atomic mass is 16.5. The molecule has 3 nitrogen and oxygen atoms in total. The Morgan fingerprint density at radius 1 is 1.27 bits per heavy atom. The molecule has 0 amide bonds. The van der Waals surface area contributed by atoms with E-state index >= 15 is 0 Å². The number of aryl methyl sites for hydroxylation is 1. The molecule has 1 aliphatic rings. The monoisotopic (exact) mass is 209 g/mol. The smallest absolute Gasteiger partial charge is 0.175 e. The Morgan fingerprint density at radius 2 is 2.00 bits per heavy atom. The zero-order chi connectivity index (χ0) is 11.1. The molecule has 1 fully saturated rings. The Morgan fingerprint density at radius 3 is 2.47 bits per heavy atom. The Balaban J connectivity index is 2.16. The van der Waals surface area contributed by atoms with Gasteiger partial charge in [-0.25, -0.2) is 0 Å². The van der Waals surface area contributed by atoms with Gasteiger partial charge in [0, 0.05) is 12.0 Å². The summed E-state index contributed by atoms with van der Waals surface area (Å²) in [5.74, 6) is 1.77. The highest BCUT2D eigenvalue weighted by Crippen LogP contribution is 2.31. The van der Waals surface area contributed by atoms with Crippen LogP contribution in [0.3, 0.4) is 0 Å². The van der Waals surface area contributed by atoms with E-state index < -0.39 is 5.72 Å². The first kappa shape index (κ1) is 10.7. The molecule has 1 atom stereocenters. The van der Waals surface area contributed by atoms with Crippen LogP contribution in [-0.2, 0) is 10.5 Å². The van der Waals surface area contributed by atoms with Crippen LogP contribution >= 0.6 is 0 Å². The molecule has 84 valence electrons. The first-order valence-corrected chi connectivity index (χ1v) is 5.37. The van der Waals surface area contributed by atoms with Crippen LogP contribution in [0.15, 0.2) is 16.5 Å². The third-order valence-electron chi connectivity index (χ3n) is 2.87. The maximum Gasteiger partial charge on any atom is 0.175 e. The molecule has 0 saturated carbocycles. The van der Waals surface area contributed by atoms with Crippen LogP contribution in [0.4, 0.5) is 0 Å². The van der Waals surface area contributed by atoms with Crippen LogP contribution in [0.2, 0.25) is 0 Å². The van der Waals surface area contributed by atoms with Gasteiger partial charge >= 0.3 is 0 Å². The number of rotatable bonds is 1. The van der Waals surface area contributed by atoms with Crippen molar-refractivity contribution in [2.24, 2.45) is 5.41 Å². The maximum absolute atomic E-state index is 5.88. The molecular weight excluding hydrogens is 190 g/mol. The lowest BCUT2D eigenvalue weighted by atomic mass is 9.92. The minimum absolute atomic E-state index is 0.196. The number of hydrogen-bond acceptors (Lipinski definition) is 3. The van der Waals surface area contributed by atoms with Gasteiger partial charge in [0.05, 0.1) is 6.61 Å². The summed E-state index contributed by atoms with van der Waals surface area (Å²) in [4.78, 5) is 0. The number of furan rings is 1. The molecule has 2 heterocycles. The molecule has 1 N–H and O–H groups in total. The molecule has 1 saturated heterocycles. The number of nitrogens with one attached hydrogen (secondary N) is 1. The second kappa shape index (κ2) is 3.35. The largest absolute Gasteiger partial charge is 0.462 e. The lowest BCUT2D eigenvalue weighted by Crippen LogP contribution is -2.53. The van der Waals surface area contributed by atoms with Crippen LogP contribution in [0.5, 0.6) is 0 Å². The van der Waals surface area contributed by atoms with Crippen molar-refractivity contribution in [3.8, 4) is 0 Å². The van der Waals surface area contributed by atoms with E-state index in [4.69, 9.17) is 9.15 Å². The predicted molar refractivity (Wildman–Crippen MR) is 58.5 cm³/mol. The van der Waals surface area contributed by atoms with E-state index in [9.17, 15) is 0 Å². The van der Waals surface area contributed by atoms with Gasteiger partial charge in [0.25, 0.3) is 0 Å².